The van der Waals surface area contributed by atoms with Gasteiger partial charge in [0.2, 0.25) is 11.8 Å². The van der Waals surface area contributed by atoms with E-state index in [1.807, 2.05) is 30.3 Å². The molecule has 41 heavy (non-hydrogen) atoms. The van der Waals surface area contributed by atoms with Gasteiger partial charge in [-0.15, -0.1) is 5.10 Å². The minimum atomic E-state index is -1.23. The van der Waals surface area contributed by atoms with E-state index >= 15 is 0 Å². The molecule has 0 aliphatic heterocycles. The number of hydrogen-bond acceptors (Lipinski definition) is 7. The van der Waals surface area contributed by atoms with Crippen LogP contribution < -0.4 is 10.6 Å². The summed E-state index contributed by atoms with van der Waals surface area (Å²) in [5.74, 6) is -2.76. The molecule has 3 aromatic carbocycles. The molecule has 3 N–H and O–H groups in total. The minimum Gasteiger partial charge on any atom is -0.476 e. The zero-order valence-electron chi connectivity index (χ0n) is 21.7. The zero-order valence-corrected chi connectivity index (χ0v) is 22.4. The van der Waals surface area contributed by atoms with E-state index in [4.69, 9.17) is 21.4 Å². The maximum Gasteiger partial charge on any atom is 0.358 e. The number of carbonyl (C=O) groups is 4. The Morgan fingerprint density at radius 1 is 1.05 bits per heavy atom. The first-order valence-corrected chi connectivity index (χ1v) is 12.6. The van der Waals surface area contributed by atoms with Crippen LogP contribution in [0.1, 0.15) is 32.0 Å². The van der Waals surface area contributed by atoms with Gasteiger partial charge in [-0.2, -0.15) is 0 Å². The molecule has 0 saturated carbocycles. The number of carbonyl (C=O) groups excluding carboxylic acids is 3. The van der Waals surface area contributed by atoms with Gasteiger partial charge in [0.1, 0.15) is 6.04 Å². The van der Waals surface area contributed by atoms with Crippen LogP contribution in [0, 0.1) is 0 Å². The van der Waals surface area contributed by atoms with Gasteiger partial charge >= 0.3 is 11.9 Å². The second-order valence-electron chi connectivity index (χ2n) is 8.70. The second kappa shape index (κ2) is 13.2. The molecule has 0 spiro atoms. The monoisotopic (exact) mass is 573 g/mol. The van der Waals surface area contributed by atoms with E-state index in [9.17, 15) is 19.2 Å². The summed E-state index contributed by atoms with van der Waals surface area (Å²) in [4.78, 5) is 49.1. The van der Waals surface area contributed by atoms with Crippen LogP contribution in [0.15, 0.2) is 85.1 Å². The van der Waals surface area contributed by atoms with Crippen LogP contribution in [0.4, 0.5) is 5.69 Å². The van der Waals surface area contributed by atoms with E-state index in [0.29, 0.717) is 27.5 Å². The van der Waals surface area contributed by atoms with Crippen molar-refractivity contribution in [2.24, 2.45) is 0 Å². The molecule has 0 aliphatic carbocycles. The average molecular weight is 574 g/mol. The molecule has 0 fully saturated rings. The third-order valence-corrected chi connectivity index (χ3v) is 6.09. The molecule has 2 amide bonds. The lowest BCUT2D eigenvalue weighted by atomic mass is 10.0. The van der Waals surface area contributed by atoms with Crippen molar-refractivity contribution in [3.05, 3.63) is 112 Å². The van der Waals surface area contributed by atoms with Crippen LogP contribution in [0.5, 0.6) is 0 Å². The number of methoxy groups -OCH3 is 1. The van der Waals surface area contributed by atoms with Gasteiger partial charge in [-0.3, -0.25) is 9.59 Å². The molecular formula is C29H24ClN5O6. The van der Waals surface area contributed by atoms with Crippen molar-refractivity contribution >= 4 is 47.1 Å². The van der Waals surface area contributed by atoms with Crippen molar-refractivity contribution in [1.29, 1.82) is 0 Å². The van der Waals surface area contributed by atoms with E-state index in [2.05, 4.69) is 20.9 Å². The van der Waals surface area contributed by atoms with Crippen molar-refractivity contribution < 1.29 is 29.0 Å². The quantitative estimate of drug-likeness (QED) is 0.191. The number of carboxylic acids is 1. The predicted molar refractivity (Wildman–Crippen MR) is 151 cm³/mol. The topological polar surface area (TPSA) is 153 Å². The summed E-state index contributed by atoms with van der Waals surface area (Å²) < 4.78 is 5.95. The van der Waals surface area contributed by atoms with Gasteiger partial charge in [0, 0.05) is 28.8 Å². The minimum absolute atomic E-state index is 0.214. The molecule has 11 nitrogen and oxygen atoms in total. The standard InChI is InChI=1S/C29H24ClN5O6/c1-41-29(40)19-7-11-22(12-8-19)31-27(37)23(15-18-5-3-2-4-6-18)32-26(36)14-9-20-16-21(30)10-13-25(20)35-17-24(28(38)39)33-34-35/h2-14,16-17,23H,15H2,1H3,(H,31,37)(H,32,36)(H,38,39). The second-order valence-corrected chi connectivity index (χ2v) is 9.14. The Morgan fingerprint density at radius 2 is 1.78 bits per heavy atom. The highest BCUT2D eigenvalue weighted by Crippen LogP contribution is 2.21. The Balaban J connectivity index is 1.53. The molecule has 1 unspecified atom stereocenters. The molecule has 0 saturated heterocycles. The highest BCUT2D eigenvalue weighted by Gasteiger charge is 2.21. The number of anilines is 1. The maximum absolute atomic E-state index is 13.2. The Morgan fingerprint density at radius 3 is 2.44 bits per heavy atom. The molecule has 4 aromatic rings. The van der Waals surface area contributed by atoms with Gasteiger partial charge in [-0.25, -0.2) is 14.3 Å². The fourth-order valence-corrected chi connectivity index (χ4v) is 4.01. The molecule has 1 atom stereocenters. The maximum atomic E-state index is 13.2. The van der Waals surface area contributed by atoms with Crippen LogP contribution in [-0.2, 0) is 20.7 Å². The molecule has 4 rings (SSSR count). The molecule has 12 heteroatoms. The number of aromatic nitrogens is 3. The molecule has 1 heterocycles. The van der Waals surface area contributed by atoms with Crippen LogP contribution >= 0.6 is 11.6 Å². The van der Waals surface area contributed by atoms with Crippen LogP contribution in [0.3, 0.4) is 0 Å². The first kappa shape index (κ1) is 28.7. The van der Waals surface area contributed by atoms with Gasteiger partial charge in [0.05, 0.1) is 24.6 Å². The van der Waals surface area contributed by atoms with Gasteiger partial charge in [0.15, 0.2) is 5.69 Å². The zero-order chi connectivity index (χ0) is 29.4. The van der Waals surface area contributed by atoms with Gasteiger partial charge < -0.3 is 20.5 Å². The largest absolute Gasteiger partial charge is 0.476 e. The van der Waals surface area contributed by atoms with Crippen LogP contribution in [-0.4, -0.2) is 57.0 Å². The fraction of sp³-hybridized carbons (Fsp3) is 0.103. The van der Waals surface area contributed by atoms with Gasteiger partial charge in [-0.05, 0) is 54.1 Å². The predicted octanol–water partition coefficient (Wildman–Crippen LogP) is 3.78. The van der Waals surface area contributed by atoms with E-state index in [1.54, 1.807) is 30.3 Å². The number of rotatable bonds is 10. The third kappa shape index (κ3) is 7.64. The van der Waals surface area contributed by atoms with E-state index in [1.165, 1.54) is 42.3 Å². The molecule has 0 bridgehead atoms. The number of aromatic carboxylic acids is 1. The van der Waals surface area contributed by atoms with E-state index < -0.39 is 29.8 Å². The number of ether oxygens (including phenoxy) is 1. The van der Waals surface area contributed by atoms with Crippen LogP contribution in [0.25, 0.3) is 11.8 Å². The van der Waals surface area contributed by atoms with Crippen molar-refractivity contribution in [3.8, 4) is 5.69 Å². The Kier molecular flexibility index (Phi) is 9.23. The van der Waals surface area contributed by atoms with E-state index in [-0.39, 0.29) is 12.1 Å². The lowest BCUT2D eigenvalue weighted by molar-refractivity contribution is -0.123. The fourth-order valence-electron chi connectivity index (χ4n) is 3.83. The Hall–Kier alpha value is -5.29. The summed E-state index contributed by atoms with van der Waals surface area (Å²) in [5, 5.41) is 22.5. The number of nitrogens with zero attached hydrogens (tertiary/aromatic N) is 3. The number of benzene rings is 3. The number of hydrogen-bond donors (Lipinski definition) is 3. The van der Waals surface area contributed by atoms with Crippen molar-refractivity contribution in [2.45, 2.75) is 12.5 Å². The molecule has 208 valence electrons. The van der Waals surface area contributed by atoms with Crippen molar-refractivity contribution in [3.63, 3.8) is 0 Å². The lowest BCUT2D eigenvalue weighted by Gasteiger charge is -2.18. The van der Waals surface area contributed by atoms with E-state index in [0.717, 1.165) is 5.56 Å². The molecule has 1 aromatic heterocycles. The van der Waals surface area contributed by atoms with Gasteiger partial charge in [0.25, 0.3) is 0 Å². The summed E-state index contributed by atoms with van der Waals surface area (Å²) in [5.41, 5.74) is 2.24. The highest BCUT2D eigenvalue weighted by atomic mass is 35.5. The van der Waals surface area contributed by atoms with Crippen molar-refractivity contribution in [2.75, 3.05) is 12.4 Å². The molecule has 0 radical (unpaired) electrons. The summed E-state index contributed by atoms with van der Waals surface area (Å²) in [6, 6.07) is 19.2. The summed E-state index contributed by atoms with van der Waals surface area (Å²) >= 11 is 6.15. The number of esters is 1. The number of carboxylic acid groups (broad SMARTS) is 1. The Bertz CT molecular complexity index is 1600. The Labute approximate surface area is 239 Å². The summed E-state index contributed by atoms with van der Waals surface area (Å²) in [6.07, 6.45) is 4.16. The molecule has 0 aliphatic rings. The summed E-state index contributed by atoms with van der Waals surface area (Å²) in [7, 11) is 1.28. The lowest BCUT2D eigenvalue weighted by Crippen LogP contribution is -2.44. The van der Waals surface area contributed by atoms with Crippen molar-refractivity contribution in [1.82, 2.24) is 20.3 Å². The number of amides is 2. The third-order valence-electron chi connectivity index (χ3n) is 5.85. The van der Waals surface area contributed by atoms with Crippen LogP contribution in [0.2, 0.25) is 5.02 Å². The van der Waals surface area contributed by atoms with Gasteiger partial charge in [-0.1, -0.05) is 47.1 Å². The molecular weight excluding hydrogens is 550 g/mol. The first-order chi connectivity index (χ1) is 19.7. The summed E-state index contributed by atoms with van der Waals surface area (Å²) in [6.45, 7) is 0. The smallest absolute Gasteiger partial charge is 0.358 e. The number of halogens is 1. The highest BCUT2D eigenvalue weighted by molar-refractivity contribution is 6.30. The number of nitrogens with one attached hydrogen (secondary N) is 2. The normalized spacial score (nSPS) is 11.6. The average Bonchev–Trinajstić information content (AvgIpc) is 3.47. The SMILES string of the molecule is COC(=O)c1ccc(NC(=O)C(Cc2ccccc2)NC(=O)C=Cc2cc(Cl)ccc2-n2cc(C(=O)O)nn2)cc1. The first-order valence-electron chi connectivity index (χ1n) is 12.2.